The zero-order chi connectivity index (χ0) is 20.9. The van der Waals surface area contributed by atoms with Gasteiger partial charge >= 0.3 is 0 Å². The van der Waals surface area contributed by atoms with Gasteiger partial charge in [0.15, 0.2) is 0 Å². The minimum absolute atomic E-state index is 0.0177. The van der Waals surface area contributed by atoms with E-state index in [0.29, 0.717) is 50.6 Å². The van der Waals surface area contributed by atoms with E-state index < -0.39 is 0 Å². The number of amides is 1. The van der Waals surface area contributed by atoms with Crippen LogP contribution in [0, 0.1) is 0 Å². The molecule has 1 aromatic carbocycles. The maximum absolute atomic E-state index is 12.7. The molecule has 1 atom stereocenters. The first-order chi connectivity index (χ1) is 14.6. The van der Waals surface area contributed by atoms with Gasteiger partial charge in [0.25, 0.3) is 5.56 Å². The van der Waals surface area contributed by atoms with Crippen LogP contribution in [0.1, 0.15) is 12.8 Å². The van der Waals surface area contributed by atoms with E-state index in [2.05, 4.69) is 15.3 Å². The van der Waals surface area contributed by atoms with Crippen LogP contribution in [0.3, 0.4) is 0 Å². The van der Waals surface area contributed by atoms with E-state index in [1.165, 1.54) is 4.68 Å². The first-order valence-corrected chi connectivity index (χ1v) is 10.7. The Morgan fingerprint density at radius 2 is 1.97 bits per heavy atom. The van der Waals surface area contributed by atoms with Gasteiger partial charge in [0.05, 0.1) is 30.2 Å². The Kier molecular flexibility index (Phi) is 6.66. The first kappa shape index (κ1) is 20.8. The number of anilines is 1. The molecular weight excluding hydrogens is 406 g/mol. The molecule has 3 heterocycles. The van der Waals surface area contributed by atoms with Crippen molar-refractivity contribution in [3.05, 3.63) is 51.9 Å². The van der Waals surface area contributed by atoms with Gasteiger partial charge in [-0.2, -0.15) is 9.78 Å². The second-order valence-corrected chi connectivity index (χ2v) is 7.98. The number of para-hydroxylation sites is 1. The molecule has 0 bridgehead atoms. The average Bonchev–Trinajstić information content (AvgIpc) is 3.29. The summed E-state index contributed by atoms with van der Waals surface area (Å²) in [6.07, 6.45) is 3.87. The normalized spacial score (nSPS) is 19.8. The largest absolute Gasteiger partial charge is 0.376 e. The van der Waals surface area contributed by atoms with E-state index in [1.807, 2.05) is 35.2 Å². The molecular formula is C21H26ClN5O3. The fourth-order valence-corrected chi connectivity index (χ4v) is 4.08. The third-order valence-electron chi connectivity index (χ3n) is 5.53. The second-order valence-electron chi connectivity index (χ2n) is 7.60. The topological polar surface area (TPSA) is 79.7 Å². The Hall–Kier alpha value is -2.42. The van der Waals surface area contributed by atoms with Gasteiger partial charge in [-0.25, -0.2) is 0 Å². The molecule has 30 heavy (non-hydrogen) atoms. The van der Waals surface area contributed by atoms with Crippen molar-refractivity contribution >= 4 is 23.2 Å². The standard InChI is InChI=1S/C21H26ClN5O3/c22-20-18(14-24-27(21(20)29)16-5-2-1-3-6-16)26-10-8-25(9-11-26)15-19(28)23-13-17-7-4-12-30-17/h1-3,5-6,14,17H,4,7-13,15H2,(H,23,28)/t17-/m1/s1. The molecule has 2 saturated heterocycles. The van der Waals surface area contributed by atoms with E-state index in [9.17, 15) is 9.59 Å². The van der Waals surface area contributed by atoms with Gasteiger partial charge in [-0.15, -0.1) is 0 Å². The Morgan fingerprint density at radius 3 is 2.67 bits per heavy atom. The lowest BCUT2D eigenvalue weighted by atomic mass is 10.2. The molecule has 0 radical (unpaired) electrons. The molecule has 2 aliphatic heterocycles. The average molecular weight is 432 g/mol. The number of piperazine rings is 1. The Balaban J connectivity index is 1.32. The lowest BCUT2D eigenvalue weighted by Gasteiger charge is -2.35. The lowest BCUT2D eigenvalue weighted by Crippen LogP contribution is -2.50. The van der Waals surface area contributed by atoms with E-state index in [-0.39, 0.29) is 22.6 Å². The Bertz CT molecular complexity index is 922. The van der Waals surface area contributed by atoms with Crippen LogP contribution in [0.15, 0.2) is 41.3 Å². The number of hydrogen-bond acceptors (Lipinski definition) is 6. The highest BCUT2D eigenvalue weighted by Gasteiger charge is 2.23. The number of carbonyl (C=O) groups is 1. The number of rotatable bonds is 6. The highest BCUT2D eigenvalue weighted by Crippen LogP contribution is 2.23. The van der Waals surface area contributed by atoms with Crippen molar-refractivity contribution in [2.45, 2.75) is 18.9 Å². The second kappa shape index (κ2) is 9.59. The van der Waals surface area contributed by atoms with E-state index in [0.717, 1.165) is 19.4 Å². The molecule has 2 aliphatic rings. The van der Waals surface area contributed by atoms with Crippen LogP contribution in [0.4, 0.5) is 5.69 Å². The van der Waals surface area contributed by atoms with Crippen molar-refractivity contribution in [3.63, 3.8) is 0 Å². The van der Waals surface area contributed by atoms with Crippen LogP contribution < -0.4 is 15.8 Å². The van der Waals surface area contributed by atoms with Crippen LogP contribution in [0.2, 0.25) is 5.02 Å². The van der Waals surface area contributed by atoms with Crippen LogP contribution in [0.5, 0.6) is 0 Å². The molecule has 160 valence electrons. The number of carbonyl (C=O) groups excluding carboxylic acids is 1. The summed E-state index contributed by atoms with van der Waals surface area (Å²) < 4.78 is 6.84. The fraction of sp³-hybridized carbons (Fsp3) is 0.476. The molecule has 8 nitrogen and oxygen atoms in total. The van der Waals surface area contributed by atoms with E-state index >= 15 is 0 Å². The van der Waals surface area contributed by atoms with E-state index in [1.54, 1.807) is 6.20 Å². The van der Waals surface area contributed by atoms with Crippen molar-refractivity contribution in [2.75, 3.05) is 50.8 Å². The van der Waals surface area contributed by atoms with Gasteiger partial charge in [-0.3, -0.25) is 14.5 Å². The maximum Gasteiger partial charge on any atom is 0.292 e. The van der Waals surface area contributed by atoms with Gasteiger partial charge in [-0.05, 0) is 25.0 Å². The molecule has 9 heteroatoms. The van der Waals surface area contributed by atoms with Gasteiger partial charge < -0.3 is 15.0 Å². The van der Waals surface area contributed by atoms with Gasteiger partial charge in [0.1, 0.15) is 5.02 Å². The third kappa shape index (κ3) is 4.83. The summed E-state index contributed by atoms with van der Waals surface area (Å²) in [6.45, 7) is 4.51. The third-order valence-corrected chi connectivity index (χ3v) is 5.89. The Labute approximate surface area is 180 Å². The predicted molar refractivity (Wildman–Crippen MR) is 115 cm³/mol. The number of benzene rings is 1. The minimum Gasteiger partial charge on any atom is -0.376 e. The monoisotopic (exact) mass is 431 g/mol. The highest BCUT2D eigenvalue weighted by atomic mass is 35.5. The minimum atomic E-state index is -0.337. The number of aromatic nitrogens is 2. The van der Waals surface area contributed by atoms with Crippen molar-refractivity contribution in [1.82, 2.24) is 20.0 Å². The zero-order valence-corrected chi connectivity index (χ0v) is 17.6. The first-order valence-electron chi connectivity index (χ1n) is 10.3. The number of nitrogens with one attached hydrogen (secondary N) is 1. The number of nitrogens with zero attached hydrogens (tertiary/aromatic N) is 4. The van der Waals surface area contributed by atoms with E-state index in [4.69, 9.17) is 16.3 Å². The molecule has 0 unspecified atom stereocenters. The maximum atomic E-state index is 12.7. The fourth-order valence-electron chi connectivity index (χ4n) is 3.84. The van der Waals surface area contributed by atoms with Crippen molar-refractivity contribution in [2.24, 2.45) is 0 Å². The van der Waals surface area contributed by atoms with Crippen molar-refractivity contribution < 1.29 is 9.53 Å². The summed E-state index contributed by atoms with van der Waals surface area (Å²) in [4.78, 5) is 29.0. The SMILES string of the molecule is O=C(CN1CCN(c2cnn(-c3ccccc3)c(=O)c2Cl)CC1)NC[C@H]1CCCO1. The number of hydrogen-bond donors (Lipinski definition) is 1. The molecule has 1 N–H and O–H groups in total. The van der Waals surface area contributed by atoms with Gasteiger partial charge in [-0.1, -0.05) is 29.8 Å². The molecule has 1 aromatic heterocycles. The van der Waals surface area contributed by atoms with Crippen molar-refractivity contribution in [3.8, 4) is 5.69 Å². The summed E-state index contributed by atoms with van der Waals surface area (Å²) in [5, 5.41) is 7.42. The number of halogens is 1. The summed E-state index contributed by atoms with van der Waals surface area (Å²) in [5.41, 5.74) is 0.974. The van der Waals surface area contributed by atoms with Gasteiger partial charge in [0, 0.05) is 39.3 Å². The molecule has 2 fully saturated rings. The number of ether oxygens (including phenoxy) is 1. The predicted octanol–water partition coefficient (Wildman–Crippen LogP) is 1.30. The summed E-state index contributed by atoms with van der Waals surface area (Å²) in [5.74, 6) is 0.0177. The van der Waals surface area contributed by atoms with Crippen molar-refractivity contribution in [1.29, 1.82) is 0 Å². The van der Waals surface area contributed by atoms with Crippen LogP contribution in [0.25, 0.3) is 5.69 Å². The summed E-state index contributed by atoms with van der Waals surface area (Å²) >= 11 is 6.40. The molecule has 2 aromatic rings. The molecule has 1 amide bonds. The molecule has 0 saturated carbocycles. The lowest BCUT2D eigenvalue weighted by molar-refractivity contribution is -0.122. The Morgan fingerprint density at radius 1 is 1.20 bits per heavy atom. The molecule has 0 spiro atoms. The van der Waals surface area contributed by atoms with Crippen LogP contribution >= 0.6 is 11.6 Å². The molecule has 0 aliphatic carbocycles. The quantitative estimate of drug-likeness (QED) is 0.742. The summed E-state index contributed by atoms with van der Waals surface area (Å²) in [7, 11) is 0. The highest BCUT2D eigenvalue weighted by molar-refractivity contribution is 6.33. The van der Waals surface area contributed by atoms with Crippen LogP contribution in [-0.2, 0) is 9.53 Å². The summed E-state index contributed by atoms with van der Waals surface area (Å²) in [6, 6.07) is 9.20. The van der Waals surface area contributed by atoms with Gasteiger partial charge in [0.2, 0.25) is 5.91 Å². The zero-order valence-electron chi connectivity index (χ0n) is 16.8. The smallest absolute Gasteiger partial charge is 0.292 e. The molecule has 4 rings (SSSR count). The van der Waals surface area contributed by atoms with Crippen LogP contribution in [-0.4, -0.2) is 72.6 Å².